The summed E-state index contributed by atoms with van der Waals surface area (Å²) in [7, 11) is -1.63. The van der Waals surface area contributed by atoms with Gasteiger partial charge in [0.15, 0.2) is 8.32 Å². The van der Waals surface area contributed by atoms with Gasteiger partial charge in [-0.15, -0.1) is 11.6 Å². The highest BCUT2D eigenvalue weighted by atomic mass is 35.5. The van der Waals surface area contributed by atoms with Crippen LogP contribution in [0.15, 0.2) is 11.6 Å². The Morgan fingerprint density at radius 2 is 1.88 bits per heavy atom. The molecule has 0 amide bonds. The van der Waals surface area contributed by atoms with Crippen LogP contribution in [0.3, 0.4) is 0 Å². The Kier molecular flexibility index (Phi) is 7.04. The summed E-state index contributed by atoms with van der Waals surface area (Å²) in [6.07, 6.45) is 4.61. The van der Waals surface area contributed by atoms with Crippen LogP contribution in [0.25, 0.3) is 0 Å². The molecule has 0 N–H and O–H groups in total. The highest BCUT2D eigenvalue weighted by Gasteiger charge is 2.38. The third-order valence-electron chi connectivity index (χ3n) is 3.66. The average Bonchev–Trinajstić information content (AvgIpc) is 2.21. The molecular weight excluding hydrogens is 248 g/mol. The maximum absolute atomic E-state index is 6.40. The first-order valence-corrected chi connectivity index (χ1v) is 9.97. The minimum absolute atomic E-state index is 0.283. The van der Waals surface area contributed by atoms with Crippen molar-refractivity contribution in [2.24, 2.45) is 0 Å². The molecule has 0 aromatic rings. The van der Waals surface area contributed by atoms with E-state index in [-0.39, 0.29) is 5.04 Å². The molecule has 0 fully saturated rings. The molecule has 3 heteroatoms. The number of hydrogen-bond acceptors (Lipinski definition) is 1. The minimum atomic E-state index is -1.63. The van der Waals surface area contributed by atoms with Crippen LogP contribution in [-0.4, -0.2) is 20.3 Å². The van der Waals surface area contributed by atoms with E-state index in [0.29, 0.717) is 12.0 Å². The Morgan fingerprint density at radius 1 is 1.35 bits per heavy atom. The van der Waals surface area contributed by atoms with Crippen LogP contribution in [0.4, 0.5) is 0 Å². The van der Waals surface area contributed by atoms with Gasteiger partial charge in [0, 0.05) is 12.0 Å². The summed E-state index contributed by atoms with van der Waals surface area (Å²) in [6, 6.07) is 0. The minimum Gasteiger partial charge on any atom is -0.414 e. The third-order valence-corrected chi connectivity index (χ3v) is 8.62. The molecule has 0 saturated heterocycles. The second-order valence-electron chi connectivity index (χ2n) is 6.33. The van der Waals surface area contributed by atoms with Gasteiger partial charge < -0.3 is 4.43 Å². The van der Waals surface area contributed by atoms with Crippen molar-refractivity contribution < 1.29 is 4.43 Å². The summed E-state index contributed by atoms with van der Waals surface area (Å²) in [4.78, 5) is 0. The quantitative estimate of drug-likeness (QED) is 0.360. The zero-order chi connectivity index (χ0) is 13.7. The lowest BCUT2D eigenvalue weighted by Gasteiger charge is -2.39. The molecule has 0 aliphatic rings. The van der Waals surface area contributed by atoms with Gasteiger partial charge in [-0.2, -0.15) is 0 Å². The Morgan fingerprint density at radius 3 is 2.24 bits per heavy atom. The van der Waals surface area contributed by atoms with Crippen LogP contribution < -0.4 is 0 Å². The second kappa shape index (κ2) is 6.96. The number of allylic oxidation sites excluding steroid dienone is 1. The Bertz CT molecular complexity index is 253. The first kappa shape index (κ1) is 17.2. The maximum Gasteiger partial charge on any atom is 0.192 e. The smallest absolute Gasteiger partial charge is 0.192 e. The molecule has 102 valence electrons. The van der Waals surface area contributed by atoms with Gasteiger partial charge in [0.25, 0.3) is 0 Å². The molecule has 0 saturated carbocycles. The van der Waals surface area contributed by atoms with Gasteiger partial charge in [-0.25, -0.2) is 0 Å². The molecule has 0 spiro atoms. The highest BCUT2D eigenvalue weighted by Crippen LogP contribution is 2.38. The lowest BCUT2D eigenvalue weighted by atomic mass is 10.1. The molecule has 0 bridgehead atoms. The molecule has 0 aromatic carbocycles. The van der Waals surface area contributed by atoms with Crippen molar-refractivity contribution in [3.8, 4) is 0 Å². The van der Waals surface area contributed by atoms with Crippen LogP contribution in [-0.2, 0) is 4.43 Å². The van der Waals surface area contributed by atoms with Crippen molar-refractivity contribution in [3.05, 3.63) is 11.6 Å². The fourth-order valence-electron chi connectivity index (χ4n) is 1.28. The zero-order valence-corrected chi connectivity index (χ0v) is 14.3. The Labute approximate surface area is 114 Å². The predicted molar refractivity (Wildman–Crippen MR) is 81.5 cm³/mol. The van der Waals surface area contributed by atoms with Crippen molar-refractivity contribution in [1.82, 2.24) is 0 Å². The summed E-state index contributed by atoms with van der Waals surface area (Å²) in [5.74, 6) is 0.622. The van der Waals surface area contributed by atoms with Crippen LogP contribution in [0.5, 0.6) is 0 Å². The van der Waals surface area contributed by atoms with E-state index in [9.17, 15) is 0 Å². The van der Waals surface area contributed by atoms with E-state index in [4.69, 9.17) is 16.0 Å². The van der Waals surface area contributed by atoms with E-state index in [0.717, 1.165) is 12.8 Å². The maximum atomic E-state index is 6.40. The van der Waals surface area contributed by atoms with Gasteiger partial charge >= 0.3 is 0 Å². The van der Waals surface area contributed by atoms with Crippen LogP contribution >= 0.6 is 11.6 Å². The topological polar surface area (TPSA) is 9.23 Å². The number of rotatable bonds is 6. The monoisotopic (exact) mass is 276 g/mol. The van der Waals surface area contributed by atoms with Crippen molar-refractivity contribution in [2.75, 3.05) is 5.88 Å². The second-order valence-corrected chi connectivity index (χ2v) is 11.4. The lowest BCUT2D eigenvalue weighted by Crippen LogP contribution is -2.43. The molecule has 0 heterocycles. The SMILES string of the molecule is CC[C@H](C/C=C(\C)CCl)O[Si](C)(C)C(C)(C)C. The van der Waals surface area contributed by atoms with Crippen molar-refractivity contribution in [1.29, 1.82) is 0 Å². The van der Waals surface area contributed by atoms with E-state index in [1.807, 2.05) is 0 Å². The summed E-state index contributed by atoms with van der Waals surface area (Å²) in [5, 5.41) is 0.283. The molecule has 0 aliphatic carbocycles. The highest BCUT2D eigenvalue weighted by molar-refractivity contribution is 6.74. The van der Waals surface area contributed by atoms with Gasteiger partial charge in [0.1, 0.15) is 0 Å². The van der Waals surface area contributed by atoms with Crippen molar-refractivity contribution in [2.45, 2.75) is 71.7 Å². The van der Waals surface area contributed by atoms with E-state index >= 15 is 0 Å². The molecule has 1 atom stereocenters. The predicted octanol–water partition coefficient (Wildman–Crippen LogP) is 5.36. The summed E-state index contributed by atoms with van der Waals surface area (Å²) in [5.41, 5.74) is 1.24. The van der Waals surface area contributed by atoms with Gasteiger partial charge in [-0.05, 0) is 37.9 Å². The first-order valence-electron chi connectivity index (χ1n) is 6.53. The van der Waals surface area contributed by atoms with Crippen LogP contribution in [0.2, 0.25) is 18.1 Å². The molecule has 0 aromatic heterocycles. The number of alkyl halides is 1. The molecular formula is C14H29ClOSi. The number of hydrogen-bond donors (Lipinski definition) is 0. The molecule has 0 aliphatic heterocycles. The van der Waals surface area contributed by atoms with Gasteiger partial charge in [-0.1, -0.05) is 39.3 Å². The van der Waals surface area contributed by atoms with Crippen LogP contribution in [0.1, 0.15) is 47.5 Å². The molecule has 0 radical (unpaired) electrons. The largest absolute Gasteiger partial charge is 0.414 e. The fraction of sp³-hybridized carbons (Fsp3) is 0.857. The standard InChI is InChI=1S/C14H29ClOSi/c1-8-13(10-9-12(2)11-15)16-17(6,7)14(3,4)5/h9,13H,8,10-11H2,1-7H3/b12-9+/t13-/m1/s1. The zero-order valence-electron chi connectivity index (χ0n) is 12.6. The van der Waals surface area contributed by atoms with Gasteiger partial charge in [-0.3, -0.25) is 0 Å². The normalized spacial score (nSPS) is 16.1. The molecule has 0 unspecified atom stereocenters. The van der Waals surface area contributed by atoms with Crippen LogP contribution in [0, 0.1) is 0 Å². The average molecular weight is 277 g/mol. The van der Waals surface area contributed by atoms with E-state index in [1.165, 1.54) is 5.57 Å². The van der Waals surface area contributed by atoms with Crippen molar-refractivity contribution >= 4 is 19.9 Å². The molecule has 0 rings (SSSR count). The van der Waals surface area contributed by atoms with E-state index < -0.39 is 8.32 Å². The van der Waals surface area contributed by atoms with Gasteiger partial charge in [0.2, 0.25) is 0 Å². The summed E-state index contributed by atoms with van der Waals surface area (Å²) >= 11 is 5.78. The van der Waals surface area contributed by atoms with E-state index in [2.05, 4.69) is 53.8 Å². The lowest BCUT2D eigenvalue weighted by molar-refractivity contribution is 0.179. The Hall–Kier alpha value is 0.207. The fourth-order valence-corrected chi connectivity index (χ4v) is 2.84. The Balaban J connectivity index is 4.51. The molecule has 1 nitrogen and oxygen atoms in total. The van der Waals surface area contributed by atoms with Crippen molar-refractivity contribution in [3.63, 3.8) is 0 Å². The summed E-state index contributed by atoms with van der Waals surface area (Å²) < 4.78 is 6.40. The third kappa shape index (κ3) is 6.07. The summed E-state index contributed by atoms with van der Waals surface area (Å²) in [6.45, 7) is 15.7. The molecule has 17 heavy (non-hydrogen) atoms. The van der Waals surface area contributed by atoms with Gasteiger partial charge in [0.05, 0.1) is 0 Å². The number of halogens is 1. The first-order chi connectivity index (χ1) is 7.64. The van der Waals surface area contributed by atoms with E-state index in [1.54, 1.807) is 0 Å².